The molecule has 0 aliphatic rings. The highest BCUT2D eigenvalue weighted by Crippen LogP contribution is 2.39. The van der Waals surface area contributed by atoms with Crippen LogP contribution in [0.2, 0.25) is 0 Å². The summed E-state index contributed by atoms with van der Waals surface area (Å²) in [6.45, 7) is 3.84. The molecule has 0 radical (unpaired) electrons. The van der Waals surface area contributed by atoms with E-state index < -0.39 is 23.5 Å². The highest BCUT2D eigenvalue weighted by Gasteiger charge is 2.31. The van der Waals surface area contributed by atoms with E-state index in [1.54, 1.807) is 0 Å². The molecule has 0 atom stereocenters. The molecule has 0 aromatic heterocycles. The minimum atomic E-state index is -4.49. The minimum Gasteiger partial charge on any atom is -0.166 e. The molecule has 4 rings (SSSR count). The van der Waals surface area contributed by atoms with Gasteiger partial charge in [-0.3, -0.25) is 0 Å². The number of hydrogen-bond donors (Lipinski definition) is 0. The first kappa shape index (κ1) is 25.3. The molecule has 4 aromatic rings. The maximum absolute atomic E-state index is 13.2. The van der Waals surface area contributed by atoms with Gasteiger partial charge < -0.3 is 0 Å². The van der Waals surface area contributed by atoms with Crippen LogP contribution in [0.5, 0.6) is 0 Å². The summed E-state index contributed by atoms with van der Waals surface area (Å²) < 4.78 is 79.5. The average Bonchev–Trinajstić information content (AvgIpc) is 2.83. The molecule has 0 aliphatic heterocycles. The van der Waals surface area contributed by atoms with E-state index in [1.807, 2.05) is 62.4 Å². The number of benzene rings is 4. The second-order valence-corrected chi connectivity index (χ2v) is 8.63. The van der Waals surface area contributed by atoms with Gasteiger partial charge in [-0.25, -0.2) is 0 Å². The van der Waals surface area contributed by atoms with Gasteiger partial charge in [0.1, 0.15) is 0 Å². The maximum Gasteiger partial charge on any atom is 0.416 e. The lowest BCUT2D eigenvalue weighted by atomic mass is 9.85. The Labute approximate surface area is 205 Å². The summed E-state index contributed by atoms with van der Waals surface area (Å²) in [5, 5.41) is 0. The average molecular weight is 496 g/mol. The summed E-state index contributed by atoms with van der Waals surface area (Å²) in [6, 6.07) is 24.7. The number of rotatable bonds is 4. The molecule has 0 heterocycles. The third-order valence-electron chi connectivity index (χ3n) is 5.93. The fourth-order valence-electron chi connectivity index (χ4n) is 4.00. The van der Waals surface area contributed by atoms with Gasteiger partial charge in [-0.05, 0) is 71.5 Å². The first-order chi connectivity index (χ1) is 16.9. The second kappa shape index (κ2) is 9.69. The topological polar surface area (TPSA) is 0 Å². The minimum absolute atomic E-state index is 0.516. The van der Waals surface area contributed by atoms with Crippen molar-refractivity contribution in [1.29, 1.82) is 0 Å². The highest BCUT2D eigenvalue weighted by atomic mass is 19.4. The molecule has 0 spiro atoms. The fourth-order valence-corrected chi connectivity index (χ4v) is 4.00. The Bertz CT molecular complexity index is 1250. The Kier molecular flexibility index (Phi) is 6.81. The van der Waals surface area contributed by atoms with Crippen LogP contribution in [0.1, 0.15) is 44.5 Å². The van der Waals surface area contributed by atoms with Gasteiger partial charge in [0.2, 0.25) is 0 Å². The van der Waals surface area contributed by atoms with Gasteiger partial charge in [0.05, 0.1) is 11.1 Å². The van der Waals surface area contributed by atoms with Crippen molar-refractivity contribution in [2.75, 3.05) is 0 Å². The second-order valence-electron chi connectivity index (χ2n) is 8.63. The van der Waals surface area contributed by atoms with E-state index in [-0.39, 0.29) is 0 Å². The lowest BCUT2D eigenvalue weighted by Crippen LogP contribution is -2.06. The predicted molar refractivity (Wildman–Crippen MR) is 130 cm³/mol. The summed E-state index contributed by atoms with van der Waals surface area (Å²) in [4.78, 5) is 0. The van der Waals surface area contributed by atoms with Crippen molar-refractivity contribution < 1.29 is 26.3 Å². The molecular formula is C30H22F6. The SMILES string of the molecule is Cc1ccc(/C(=C(\c2ccc(C)cc2)c2ccc(C(F)(F)F)cc2)c2ccc(C(F)(F)F)cc2)cc1. The Balaban J connectivity index is 2.04. The molecule has 4 aromatic carbocycles. The largest absolute Gasteiger partial charge is 0.416 e. The lowest BCUT2D eigenvalue weighted by Gasteiger charge is -2.19. The fraction of sp³-hybridized carbons (Fsp3) is 0.133. The summed E-state index contributed by atoms with van der Waals surface area (Å²) in [5.74, 6) is 0. The van der Waals surface area contributed by atoms with Gasteiger partial charge >= 0.3 is 12.4 Å². The molecule has 0 unspecified atom stereocenters. The van der Waals surface area contributed by atoms with Crippen LogP contribution in [0.3, 0.4) is 0 Å². The summed E-state index contributed by atoms with van der Waals surface area (Å²) in [7, 11) is 0. The summed E-state index contributed by atoms with van der Waals surface area (Å²) in [6.07, 6.45) is -8.97. The van der Waals surface area contributed by atoms with Gasteiger partial charge in [0.15, 0.2) is 0 Å². The maximum atomic E-state index is 13.2. The van der Waals surface area contributed by atoms with Crippen molar-refractivity contribution in [2.45, 2.75) is 26.2 Å². The molecule has 0 saturated carbocycles. The zero-order chi connectivity index (χ0) is 26.1. The van der Waals surface area contributed by atoms with Gasteiger partial charge in [-0.15, -0.1) is 0 Å². The molecule has 0 fully saturated rings. The van der Waals surface area contributed by atoms with Crippen molar-refractivity contribution in [1.82, 2.24) is 0 Å². The van der Waals surface area contributed by atoms with Crippen molar-refractivity contribution >= 4 is 11.1 Å². The first-order valence-electron chi connectivity index (χ1n) is 11.2. The lowest BCUT2D eigenvalue weighted by molar-refractivity contribution is -0.138. The van der Waals surface area contributed by atoms with Crippen LogP contribution in [0.4, 0.5) is 26.3 Å². The quantitative estimate of drug-likeness (QED) is 0.195. The van der Waals surface area contributed by atoms with Gasteiger partial charge in [0.25, 0.3) is 0 Å². The Morgan fingerprint density at radius 2 is 0.611 bits per heavy atom. The van der Waals surface area contributed by atoms with Crippen molar-refractivity contribution in [3.63, 3.8) is 0 Å². The molecule has 0 N–H and O–H groups in total. The number of aryl methyl sites for hydroxylation is 2. The van der Waals surface area contributed by atoms with E-state index in [4.69, 9.17) is 0 Å². The third kappa shape index (κ3) is 5.54. The number of halogens is 6. The molecule has 0 saturated heterocycles. The summed E-state index contributed by atoms with van der Waals surface area (Å²) in [5.41, 5.74) is 4.17. The number of alkyl halides is 6. The van der Waals surface area contributed by atoms with Crippen LogP contribution in [-0.2, 0) is 12.4 Å². The Morgan fingerprint density at radius 1 is 0.389 bits per heavy atom. The van der Waals surface area contributed by atoms with E-state index in [2.05, 4.69) is 0 Å². The van der Waals surface area contributed by atoms with E-state index in [0.29, 0.717) is 22.3 Å². The number of hydrogen-bond acceptors (Lipinski definition) is 0. The van der Waals surface area contributed by atoms with Crippen LogP contribution >= 0.6 is 0 Å². The van der Waals surface area contributed by atoms with Crippen molar-refractivity contribution in [3.8, 4) is 0 Å². The highest BCUT2D eigenvalue weighted by molar-refractivity contribution is 6.04. The van der Waals surface area contributed by atoms with E-state index in [0.717, 1.165) is 46.5 Å². The Hall–Kier alpha value is -3.80. The third-order valence-corrected chi connectivity index (χ3v) is 5.93. The monoisotopic (exact) mass is 496 g/mol. The van der Waals surface area contributed by atoms with Crippen LogP contribution in [0, 0.1) is 13.8 Å². The first-order valence-corrected chi connectivity index (χ1v) is 11.2. The molecule has 6 heteroatoms. The molecule has 0 aliphatic carbocycles. The van der Waals surface area contributed by atoms with Crippen LogP contribution in [0.15, 0.2) is 97.1 Å². The van der Waals surface area contributed by atoms with E-state index >= 15 is 0 Å². The normalized spacial score (nSPS) is 12.9. The van der Waals surface area contributed by atoms with Crippen molar-refractivity contribution in [2.24, 2.45) is 0 Å². The Morgan fingerprint density at radius 3 is 0.833 bits per heavy atom. The van der Waals surface area contributed by atoms with Crippen LogP contribution in [-0.4, -0.2) is 0 Å². The standard InChI is InChI=1S/C30H22F6/c1-19-3-7-21(8-4-19)27(23-11-15-25(16-12-23)29(31,32)33)28(22-9-5-20(2)6-10-22)24-13-17-26(18-14-24)30(34,35)36/h3-18H,1-2H3/b28-27-. The predicted octanol–water partition coefficient (Wildman–Crippen LogP) is 9.35. The van der Waals surface area contributed by atoms with Crippen LogP contribution in [0.25, 0.3) is 11.1 Å². The zero-order valence-electron chi connectivity index (χ0n) is 19.5. The van der Waals surface area contributed by atoms with Gasteiger partial charge in [-0.1, -0.05) is 83.9 Å². The molecule has 36 heavy (non-hydrogen) atoms. The zero-order valence-corrected chi connectivity index (χ0v) is 19.5. The molecule has 0 bridgehead atoms. The van der Waals surface area contributed by atoms with Gasteiger partial charge in [0, 0.05) is 0 Å². The molecular weight excluding hydrogens is 474 g/mol. The molecule has 0 nitrogen and oxygen atoms in total. The smallest absolute Gasteiger partial charge is 0.166 e. The van der Waals surface area contributed by atoms with Crippen LogP contribution < -0.4 is 0 Å². The van der Waals surface area contributed by atoms with Crippen molar-refractivity contribution in [3.05, 3.63) is 142 Å². The van der Waals surface area contributed by atoms with E-state index in [9.17, 15) is 26.3 Å². The molecule has 184 valence electrons. The van der Waals surface area contributed by atoms with E-state index in [1.165, 1.54) is 24.3 Å². The molecule has 0 amide bonds. The van der Waals surface area contributed by atoms with Gasteiger partial charge in [-0.2, -0.15) is 26.3 Å². The summed E-state index contributed by atoms with van der Waals surface area (Å²) >= 11 is 0.